The highest BCUT2D eigenvalue weighted by atomic mass is 16.6. The molecule has 0 atom stereocenters. The summed E-state index contributed by atoms with van der Waals surface area (Å²) in [5.74, 6) is 1.87. The third-order valence-corrected chi connectivity index (χ3v) is 1.55. The van der Waals surface area contributed by atoms with Crippen LogP contribution in [0.4, 0.5) is 0 Å². The lowest BCUT2D eigenvalue weighted by atomic mass is 10.3. The molecule has 0 radical (unpaired) electrons. The van der Waals surface area contributed by atoms with E-state index in [-0.39, 0.29) is 0 Å². The Kier molecular flexibility index (Phi) is 1.63. The van der Waals surface area contributed by atoms with Gasteiger partial charge in [-0.25, -0.2) is 0 Å². The predicted octanol–water partition coefficient (Wildman–Crippen LogP) is 2.55. The molecular formula is C9H8O3. The Morgan fingerprint density at radius 3 is 2.67 bits per heavy atom. The van der Waals surface area contributed by atoms with Gasteiger partial charge in [-0.2, -0.15) is 0 Å². The Labute approximate surface area is 69.6 Å². The van der Waals surface area contributed by atoms with E-state index in [1.54, 1.807) is 25.5 Å². The summed E-state index contributed by atoms with van der Waals surface area (Å²) in [6, 6.07) is 7.19. The molecule has 0 aliphatic heterocycles. The lowest BCUT2D eigenvalue weighted by molar-refractivity contribution is 0.306. The molecule has 0 N–H and O–H groups in total. The van der Waals surface area contributed by atoms with E-state index in [9.17, 15) is 0 Å². The summed E-state index contributed by atoms with van der Waals surface area (Å²) in [5, 5.41) is 0. The highest BCUT2D eigenvalue weighted by molar-refractivity contribution is 5.50. The van der Waals surface area contributed by atoms with E-state index >= 15 is 0 Å². The van der Waals surface area contributed by atoms with Gasteiger partial charge in [0.05, 0.1) is 13.4 Å². The fourth-order valence-corrected chi connectivity index (χ4v) is 0.981. The van der Waals surface area contributed by atoms with Gasteiger partial charge in [0.15, 0.2) is 11.5 Å². The summed E-state index contributed by atoms with van der Waals surface area (Å²) in [7, 11) is 1.56. The topological polar surface area (TPSA) is 35.5 Å². The average molecular weight is 164 g/mol. The number of methoxy groups -OCH3 is 1. The van der Waals surface area contributed by atoms with Crippen LogP contribution in [0.15, 0.2) is 39.4 Å². The SMILES string of the molecule is COc1ccc(-c2ccco2)o1. The highest BCUT2D eigenvalue weighted by Gasteiger charge is 2.05. The summed E-state index contributed by atoms with van der Waals surface area (Å²) in [4.78, 5) is 0. The van der Waals surface area contributed by atoms with Crippen molar-refractivity contribution in [3.63, 3.8) is 0 Å². The van der Waals surface area contributed by atoms with Crippen molar-refractivity contribution in [1.82, 2.24) is 0 Å². The molecule has 12 heavy (non-hydrogen) atoms. The molecule has 0 fully saturated rings. The standard InChI is InChI=1S/C9H8O3/c1-10-9-5-4-8(12-9)7-3-2-6-11-7/h2-6H,1H3. The molecule has 0 saturated heterocycles. The van der Waals surface area contributed by atoms with Gasteiger partial charge in [-0.3, -0.25) is 0 Å². The minimum Gasteiger partial charge on any atom is -0.468 e. The van der Waals surface area contributed by atoms with Crippen LogP contribution in [0.1, 0.15) is 0 Å². The fraction of sp³-hybridized carbons (Fsp3) is 0.111. The number of rotatable bonds is 2. The van der Waals surface area contributed by atoms with Crippen molar-refractivity contribution in [2.24, 2.45) is 0 Å². The second-order valence-electron chi connectivity index (χ2n) is 2.30. The molecular weight excluding hydrogens is 156 g/mol. The van der Waals surface area contributed by atoms with Crippen LogP contribution >= 0.6 is 0 Å². The lowest BCUT2D eigenvalue weighted by Crippen LogP contribution is -1.75. The van der Waals surface area contributed by atoms with E-state index in [4.69, 9.17) is 13.6 Å². The van der Waals surface area contributed by atoms with E-state index < -0.39 is 0 Å². The largest absolute Gasteiger partial charge is 0.468 e. The minimum atomic E-state index is 0.487. The molecule has 0 spiro atoms. The van der Waals surface area contributed by atoms with Crippen LogP contribution < -0.4 is 4.74 Å². The van der Waals surface area contributed by atoms with Crippen LogP contribution in [0, 0.1) is 0 Å². The zero-order valence-corrected chi connectivity index (χ0v) is 6.61. The predicted molar refractivity (Wildman–Crippen MR) is 43.0 cm³/mol. The molecule has 3 nitrogen and oxygen atoms in total. The highest BCUT2D eigenvalue weighted by Crippen LogP contribution is 2.25. The molecule has 0 aliphatic rings. The van der Waals surface area contributed by atoms with Crippen molar-refractivity contribution in [1.29, 1.82) is 0 Å². The van der Waals surface area contributed by atoms with Crippen LogP contribution in [0.2, 0.25) is 0 Å². The monoisotopic (exact) mass is 164 g/mol. The lowest BCUT2D eigenvalue weighted by Gasteiger charge is -1.90. The van der Waals surface area contributed by atoms with E-state index in [0.29, 0.717) is 17.5 Å². The number of hydrogen-bond acceptors (Lipinski definition) is 3. The third-order valence-electron chi connectivity index (χ3n) is 1.55. The first-order valence-corrected chi connectivity index (χ1v) is 3.58. The Hall–Kier alpha value is -1.64. The molecule has 62 valence electrons. The van der Waals surface area contributed by atoms with Crippen molar-refractivity contribution < 1.29 is 13.6 Å². The van der Waals surface area contributed by atoms with E-state index in [1.807, 2.05) is 12.1 Å². The normalized spacial score (nSPS) is 10.1. The summed E-state index contributed by atoms with van der Waals surface area (Å²) >= 11 is 0. The molecule has 2 aromatic rings. The molecule has 0 aromatic carbocycles. The Morgan fingerprint density at radius 2 is 2.08 bits per heavy atom. The van der Waals surface area contributed by atoms with Crippen LogP contribution in [-0.2, 0) is 0 Å². The van der Waals surface area contributed by atoms with E-state index in [2.05, 4.69) is 0 Å². The quantitative estimate of drug-likeness (QED) is 0.684. The van der Waals surface area contributed by atoms with Crippen molar-refractivity contribution in [3.8, 4) is 17.5 Å². The first-order chi connectivity index (χ1) is 5.90. The molecule has 2 rings (SSSR count). The van der Waals surface area contributed by atoms with Gasteiger partial charge in [0.2, 0.25) is 0 Å². The van der Waals surface area contributed by atoms with Crippen LogP contribution in [0.5, 0.6) is 5.95 Å². The molecule has 0 bridgehead atoms. The van der Waals surface area contributed by atoms with Crippen LogP contribution in [0.25, 0.3) is 11.5 Å². The minimum absolute atomic E-state index is 0.487. The maximum absolute atomic E-state index is 5.26. The maximum Gasteiger partial charge on any atom is 0.284 e. The van der Waals surface area contributed by atoms with Gasteiger partial charge in [0.1, 0.15) is 0 Å². The Bertz CT molecular complexity index is 345. The van der Waals surface area contributed by atoms with Crippen molar-refractivity contribution in [2.45, 2.75) is 0 Å². The van der Waals surface area contributed by atoms with Crippen LogP contribution in [-0.4, -0.2) is 7.11 Å². The summed E-state index contributed by atoms with van der Waals surface area (Å²) < 4.78 is 15.3. The zero-order valence-electron chi connectivity index (χ0n) is 6.61. The average Bonchev–Trinajstić information content (AvgIpc) is 2.75. The molecule has 0 unspecified atom stereocenters. The maximum atomic E-state index is 5.26. The second kappa shape index (κ2) is 2.77. The van der Waals surface area contributed by atoms with Crippen LogP contribution in [0.3, 0.4) is 0 Å². The Morgan fingerprint density at radius 1 is 1.17 bits per heavy atom. The smallest absolute Gasteiger partial charge is 0.284 e. The third kappa shape index (κ3) is 1.09. The molecule has 0 amide bonds. The van der Waals surface area contributed by atoms with Gasteiger partial charge in [-0.05, 0) is 18.2 Å². The van der Waals surface area contributed by atoms with E-state index in [1.165, 1.54) is 0 Å². The number of furan rings is 2. The van der Waals surface area contributed by atoms with Gasteiger partial charge < -0.3 is 13.6 Å². The number of ether oxygens (including phenoxy) is 1. The summed E-state index contributed by atoms with van der Waals surface area (Å²) in [5.41, 5.74) is 0. The number of hydrogen-bond donors (Lipinski definition) is 0. The molecule has 0 saturated carbocycles. The van der Waals surface area contributed by atoms with Gasteiger partial charge in [0.25, 0.3) is 5.95 Å². The Balaban J connectivity index is 2.35. The summed E-state index contributed by atoms with van der Waals surface area (Å²) in [6.45, 7) is 0. The van der Waals surface area contributed by atoms with Gasteiger partial charge in [-0.1, -0.05) is 0 Å². The molecule has 3 heteroatoms. The van der Waals surface area contributed by atoms with Gasteiger partial charge in [0, 0.05) is 6.07 Å². The molecule has 2 heterocycles. The van der Waals surface area contributed by atoms with E-state index in [0.717, 1.165) is 0 Å². The summed E-state index contributed by atoms with van der Waals surface area (Å²) in [6.07, 6.45) is 1.60. The second-order valence-corrected chi connectivity index (χ2v) is 2.30. The first kappa shape index (κ1) is 7.03. The fourth-order valence-electron chi connectivity index (χ4n) is 0.981. The van der Waals surface area contributed by atoms with Gasteiger partial charge >= 0.3 is 0 Å². The van der Waals surface area contributed by atoms with Crippen molar-refractivity contribution in [3.05, 3.63) is 30.5 Å². The molecule has 2 aromatic heterocycles. The first-order valence-electron chi connectivity index (χ1n) is 3.58. The van der Waals surface area contributed by atoms with Crippen molar-refractivity contribution >= 4 is 0 Å². The zero-order chi connectivity index (χ0) is 8.39. The van der Waals surface area contributed by atoms with Crippen molar-refractivity contribution in [2.75, 3.05) is 7.11 Å². The molecule has 0 aliphatic carbocycles. The van der Waals surface area contributed by atoms with Gasteiger partial charge in [-0.15, -0.1) is 0 Å².